The van der Waals surface area contributed by atoms with Crippen LogP contribution in [0.4, 0.5) is 0 Å². The Morgan fingerprint density at radius 1 is 1.25 bits per heavy atom. The number of carbonyl (C=O) groups is 2. The first kappa shape index (κ1) is 15.7. The first-order valence-corrected chi connectivity index (χ1v) is 6.63. The van der Waals surface area contributed by atoms with Crippen LogP contribution in [0.3, 0.4) is 0 Å². The third-order valence-corrected chi connectivity index (χ3v) is 2.92. The van der Waals surface area contributed by atoms with Crippen molar-refractivity contribution in [1.29, 1.82) is 5.26 Å². The zero-order valence-corrected chi connectivity index (χ0v) is 11.3. The molecule has 5 nitrogen and oxygen atoms in total. The van der Waals surface area contributed by atoms with E-state index in [1.54, 1.807) is 0 Å². The summed E-state index contributed by atoms with van der Waals surface area (Å²) in [4.78, 5) is 23.1. The fourth-order valence-corrected chi connectivity index (χ4v) is 1.86. The summed E-state index contributed by atoms with van der Waals surface area (Å²) in [5.41, 5.74) is 6.16. The van der Waals surface area contributed by atoms with Crippen molar-refractivity contribution < 1.29 is 9.59 Å². The standard InChI is InChI=1S/C15H19N3O2/c16-10-6-2-5-9-13(15(17)20)18-14(19)11-12-7-3-1-4-8-12/h1,3-4,7-8,13H,2,5-6,9,11H2,(H2,17,20)(H,18,19)/t13-/m0/s1. The molecule has 1 aromatic carbocycles. The van der Waals surface area contributed by atoms with Crippen LogP contribution in [0.15, 0.2) is 30.3 Å². The number of unbranched alkanes of at least 4 members (excludes halogenated alkanes) is 2. The van der Waals surface area contributed by atoms with Gasteiger partial charge in [0.15, 0.2) is 0 Å². The molecule has 106 valence electrons. The molecule has 1 aromatic rings. The lowest BCUT2D eigenvalue weighted by Crippen LogP contribution is -2.44. The molecule has 1 rings (SSSR count). The van der Waals surface area contributed by atoms with Gasteiger partial charge in [0.1, 0.15) is 6.04 Å². The molecular weight excluding hydrogens is 254 g/mol. The van der Waals surface area contributed by atoms with Crippen molar-refractivity contribution in [2.75, 3.05) is 0 Å². The van der Waals surface area contributed by atoms with E-state index < -0.39 is 11.9 Å². The predicted octanol–water partition coefficient (Wildman–Crippen LogP) is 1.28. The number of benzene rings is 1. The Bertz CT molecular complexity index is 480. The fourth-order valence-electron chi connectivity index (χ4n) is 1.86. The molecule has 0 aliphatic carbocycles. The van der Waals surface area contributed by atoms with Crippen molar-refractivity contribution in [2.45, 2.75) is 38.1 Å². The summed E-state index contributed by atoms with van der Waals surface area (Å²) in [6, 6.07) is 10.7. The van der Waals surface area contributed by atoms with Gasteiger partial charge in [0, 0.05) is 6.42 Å². The van der Waals surface area contributed by atoms with Gasteiger partial charge in [-0.3, -0.25) is 9.59 Å². The number of rotatable bonds is 8. The molecule has 0 fully saturated rings. The molecule has 0 aliphatic heterocycles. The Balaban J connectivity index is 2.43. The van der Waals surface area contributed by atoms with E-state index in [0.717, 1.165) is 5.56 Å². The van der Waals surface area contributed by atoms with Crippen molar-refractivity contribution >= 4 is 11.8 Å². The Hall–Kier alpha value is -2.35. The number of hydrogen-bond donors (Lipinski definition) is 2. The van der Waals surface area contributed by atoms with E-state index in [1.165, 1.54) is 0 Å². The first-order chi connectivity index (χ1) is 9.63. The van der Waals surface area contributed by atoms with Gasteiger partial charge in [-0.05, 0) is 24.8 Å². The Kier molecular flexibility index (Phi) is 6.83. The van der Waals surface area contributed by atoms with E-state index in [0.29, 0.717) is 25.7 Å². The lowest BCUT2D eigenvalue weighted by Gasteiger charge is -2.15. The second-order valence-corrected chi connectivity index (χ2v) is 4.59. The molecule has 0 saturated carbocycles. The van der Waals surface area contributed by atoms with Crippen LogP contribution in [-0.4, -0.2) is 17.9 Å². The van der Waals surface area contributed by atoms with E-state index >= 15 is 0 Å². The monoisotopic (exact) mass is 273 g/mol. The maximum Gasteiger partial charge on any atom is 0.239 e. The number of nitrogens with zero attached hydrogens (tertiary/aromatic N) is 1. The highest BCUT2D eigenvalue weighted by molar-refractivity contribution is 5.87. The third-order valence-electron chi connectivity index (χ3n) is 2.92. The van der Waals surface area contributed by atoms with Crippen LogP contribution in [0.25, 0.3) is 0 Å². The summed E-state index contributed by atoms with van der Waals surface area (Å²) in [6.07, 6.45) is 2.53. The van der Waals surface area contributed by atoms with Crippen LogP contribution < -0.4 is 11.1 Å². The minimum Gasteiger partial charge on any atom is -0.368 e. The quantitative estimate of drug-likeness (QED) is 0.698. The summed E-state index contributed by atoms with van der Waals surface area (Å²) in [5, 5.41) is 11.1. The first-order valence-electron chi connectivity index (χ1n) is 6.63. The minimum atomic E-state index is -0.662. The van der Waals surface area contributed by atoms with Crippen LogP contribution >= 0.6 is 0 Å². The van der Waals surface area contributed by atoms with Gasteiger partial charge in [0.25, 0.3) is 0 Å². The third kappa shape index (κ3) is 6.01. The van der Waals surface area contributed by atoms with Gasteiger partial charge in [-0.2, -0.15) is 5.26 Å². The van der Waals surface area contributed by atoms with Crippen LogP contribution in [0.5, 0.6) is 0 Å². The topological polar surface area (TPSA) is 96.0 Å². The van der Waals surface area contributed by atoms with Crippen LogP contribution in [0.1, 0.15) is 31.2 Å². The average Bonchev–Trinajstić information content (AvgIpc) is 2.43. The molecule has 0 spiro atoms. The number of hydrogen-bond acceptors (Lipinski definition) is 3. The molecule has 5 heteroatoms. The van der Waals surface area contributed by atoms with Gasteiger partial charge in [0.05, 0.1) is 12.5 Å². The van der Waals surface area contributed by atoms with E-state index in [9.17, 15) is 9.59 Å². The lowest BCUT2D eigenvalue weighted by molar-refractivity contribution is -0.127. The van der Waals surface area contributed by atoms with Gasteiger partial charge >= 0.3 is 0 Å². The molecule has 1 atom stereocenters. The molecule has 20 heavy (non-hydrogen) atoms. The Morgan fingerprint density at radius 2 is 1.95 bits per heavy atom. The van der Waals surface area contributed by atoms with Gasteiger partial charge in [0.2, 0.25) is 11.8 Å². The summed E-state index contributed by atoms with van der Waals surface area (Å²) in [7, 11) is 0. The van der Waals surface area contributed by atoms with Gasteiger partial charge in [-0.15, -0.1) is 0 Å². The number of nitriles is 1. The second-order valence-electron chi connectivity index (χ2n) is 4.59. The highest BCUT2D eigenvalue weighted by Crippen LogP contribution is 2.05. The SMILES string of the molecule is N#CCCCC[C@H](NC(=O)Cc1ccccc1)C(N)=O. The molecule has 0 aliphatic rings. The number of amides is 2. The van der Waals surface area contributed by atoms with Crippen molar-refractivity contribution in [3.05, 3.63) is 35.9 Å². The highest BCUT2D eigenvalue weighted by atomic mass is 16.2. The lowest BCUT2D eigenvalue weighted by atomic mass is 10.1. The summed E-state index contributed by atoms with van der Waals surface area (Å²) in [5.74, 6) is -0.761. The normalized spacial score (nSPS) is 11.3. The molecule has 0 heterocycles. The highest BCUT2D eigenvalue weighted by Gasteiger charge is 2.17. The molecule has 0 aromatic heterocycles. The van der Waals surface area contributed by atoms with E-state index in [-0.39, 0.29) is 12.3 Å². The Morgan fingerprint density at radius 3 is 2.55 bits per heavy atom. The maximum atomic E-state index is 11.8. The molecule has 3 N–H and O–H groups in total. The number of primary amides is 1. The fraction of sp³-hybridized carbons (Fsp3) is 0.400. The zero-order chi connectivity index (χ0) is 14.8. The van der Waals surface area contributed by atoms with E-state index in [2.05, 4.69) is 5.32 Å². The molecule has 0 saturated heterocycles. The molecule has 2 amide bonds. The number of carbonyl (C=O) groups excluding carboxylic acids is 2. The molecular formula is C15H19N3O2. The zero-order valence-electron chi connectivity index (χ0n) is 11.3. The summed E-state index contributed by atoms with van der Waals surface area (Å²) < 4.78 is 0. The second kappa shape index (κ2) is 8.70. The number of nitrogens with one attached hydrogen (secondary N) is 1. The van der Waals surface area contributed by atoms with Crippen molar-refractivity contribution in [1.82, 2.24) is 5.32 Å². The van der Waals surface area contributed by atoms with Crippen LogP contribution in [-0.2, 0) is 16.0 Å². The van der Waals surface area contributed by atoms with Crippen molar-refractivity contribution in [3.63, 3.8) is 0 Å². The summed E-state index contributed by atoms with van der Waals surface area (Å²) in [6.45, 7) is 0. The Labute approximate surface area is 118 Å². The van der Waals surface area contributed by atoms with Crippen molar-refractivity contribution in [2.24, 2.45) is 5.73 Å². The van der Waals surface area contributed by atoms with E-state index in [1.807, 2.05) is 36.4 Å². The average molecular weight is 273 g/mol. The van der Waals surface area contributed by atoms with Crippen LogP contribution in [0, 0.1) is 11.3 Å². The minimum absolute atomic E-state index is 0.222. The molecule has 0 bridgehead atoms. The largest absolute Gasteiger partial charge is 0.368 e. The summed E-state index contributed by atoms with van der Waals surface area (Å²) >= 11 is 0. The van der Waals surface area contributed by atoms with Gasteiger partial charge in [-0.25, -0.2) is 0 Å². The smallest absolute Gasteiger partial charge is 0.239 e. The van der Waals surface area contributed by atoms with E-state index in [4.69, 9.17) is 11.0 Å². The van der Waals surface area contributed by atoms with Gasteiger partial charge in [-0.1, -0.05) is 30.3 Å². The van der Waals surface area contributed by atoms with Gasteiger partial charge < -0.3 is 11.1 Å². The number of nitrogens with two attached hydrogens (primary N) is 1. The predicted molar refractivity (Wildman–Crippen MR) is 75.4 cm³/mol. The van der Waals surface area contributed by atoms with Crippen molar-refractivity contribution in [3.8, 4) is 6.07 Å². The maximum absolute atomic E-state index is 11.8. The van der Waals surface area contributed by atoms with Crippen LogP contribution in [0.2, 0.25) is 0 Å². The molecule has 0 radical (unpaired) electrons. The molecule has 0 unspecified atom stereocenters.